The first kappa shape index (κ1) is 105. The van der Waals surface area contributed by atoms with Gasteiger partial charge in [0, 0.05) is 80.7 Å². The van der Waals surface area contributed by atoms with Crippen molar-refractivity contribution in [1.29, 1.82) is 0 Å². The summed E-state index contributed by atoms with van der Waals surface area (Å²) < 4.78 is 151. The van der Waals surface area contributed by atoms with Gasteiger partial charge in [-0.3, -0.25) is 33.1 Å². The molecule has 11 heterocycles. The minimum absolute atomic E-state index is 0.101. The second kappa shape index (κ2) is 47.6. The van der Waals surface area contributed by atoms with Crippen LogP contribution in [0, 0.1) is 70.6 Å². The number of hydrogen-bond acceptors (Lipinski definition) is 28. The number of hydrogen-bond donors (Lipinski definition) is 3. The number of Topliss-reactive ketones (excluding diaryl/α,β-unsaturated/α-hetero) is 1. The van der Waals surface area contributed by atoms with Crippen molar-refractivity contribution in [2.45, 2.75) is 124 Å². The van der Waals surface area contributed by atoms with Crippen LogP contribution in [0.5, 0.6) is 17.6 Å². The zero-order valence-electron chi connectivity index (χ0n) is 78.8. The number of aryl methyl sites for hydroxylation is 3. The van der Waals surface area contributed by atoms with E-state index in [4.69, 9.17) is 62.6 Å². The summed E-state index contributed by atoms with van der Waals surface area (Å²) in [5, 5.41) is 37.6. The van der Waals surface area contributed by atoms with Gasteiger partial charge in [0.1, 0.15) is 101 Å². The van der Waals surface area contributed by atoms with Gasteiger partial charge in [0.15, 0.2) is 5.78 Å². The van der Waals surface area contributed by atoms with Crippen molar-refractivity contribution in [3.05, 3.63) is 234 Å². The summed E-state index contributed by atoms with van der Waals surface area (Å²) in [6, 6.07) is 21.5. The highest BCUT2D eigenvalue weighted by molar-refractivity contribution is 9.10. The molecule has 5 aromatic carbocycles. The van der Waals surface area contributed by atoms with E-state index >= 15 is 13.2 Å². The lowest BCUT2D eigenvalue weighted by molar-refractivity contribution is -0.142. The molecule has 0 unspecified atom stereocenters. The third kappa shape index (κ3) is 23.3. The van der Waals surface area contributed by atoms with E-state index in [0.717, 1.165) is 50.1 Å². The number of nitrogens with two attached hydrogens (primary N) is 1. The van der Waals surface area contributed by atoms with E-state index in [1.165, 1.54) is 77.7 Å². The molecule has 40 heteroatoms. The number of methoxy groups -OCH3 is 5. The molecule has 0 bridgehead atoms. The Morgan fingerprint density at radius 1 is 0.388 bits per heavy atom. The molecule has 4 N–H and O–H groups in total. The Morgan fingerprint density at radius 2 is 0.691 bits per heavy atom. The fourth-order valence-corrected chi connectivity index (χ4v) is 17.5. The minimum atomic E-state index is -0.824. The van der Waals surface area contributed by atoms with Crippen LogP contribution in [0.3, 0.4) is 0 Å². The number of halogens is 7. The molecule has 12 aromatic rings. The summed E-state index contributed by atoms with van der Waals surface area (Å²) in [5.74, 6) is -4.93. The summed E-state index contributed by atoms with van der Waals surface area (Å²) in [6.45, 7) is 21.1. The van der Waals surface area contributed by atoms with Crippen LogP contribution in [0.15, 0.2) is 143 Å². The van der Waals surface area contributed by atoms with E-state index in [1.54, 1.807) is 133 Å². The summed E-state index contributed by atoms with van der Waals surface area (Å²) in [4.78, 5) is 85.0. The van der Waals surface area contributed by atoms with Gasteiger partial charge in [0.05, 0.1) is 159 Å². The van der Waals surface area contributed by atoms with E-state index in [0.29, 0.717) is 81.1 Å². The van der Waals surface area contributed by atoms with Crippen LogP contribution >= 0.6 is 31.9 Å². The van der Waals surface area contributed by atoms with Crippen LogP contribution in [0.25, 0.3) is 78.4 Å². The number of pyridine rings is 3. The van der Waals surface area contributed by atoms with Gasteiger partial charge in [-0.25, -0.2) is 51.3 Å². The Morgan fingerprint density at radius 3 is 0.993 bits per heavy atom. The molecule has 1 amide bonds. The Hall–Kier alpha value is -12.9. The topological polar surface area (TPSA) is 399 Å². The van der Waals surface area contributed by atoms with Gasteiger partial charge in [-0.15, -0.1) is 0 Å². The number of rotatable bonds is 27. The number of aliphatic hydroxyl groups is 2. The molecule has 4 saturated heterocycles. The van der Waals surface area contributed by atoms with Gasteiger partial charge in [-0.1, -0.05) is 50.1 Å². The molecule has 33 nitrogen and oxygen atoms in total. The molecular formula is C99H105Br2F5N12O21. The van der Waals surface area contributed by atoms with Crippen LogP contribution in [0.4, 0.5) is 22.0 Å². The smallest absolute Gasteiger partial charge is 0.341 e. The normalized spacial score (nSPS) is 17.4. The fourth-order valence-electron chi connectivity index (χ4n) is 16.8. The zero-order chi connectivity index (χ0) is 100. The minimum Gasteiger partial charge on any atom is -0.481 e. The number of carbonyl (C=O) groups excluding carboxylic acids is 6. The average molecular weight is 2050 g/mol. The average Bonchev–Trinajstić information content (AvgIpc) is 1.65. The van der Waals surface area contributed by atoms with Crippen molar-refractivity contribution < 1.29 is 123 Å². The molecule has 4 fully saturated rings. The number of primary amides is 1. The number of carbonyl (C=O) groups is 6. The second-order valence-corrected chi connectivity index (χ2v) is 34.0. The summed E-state index contributed by atoms with van der Waals surface area (Å²) in [5.41, 5.74) is 17.7. The van der Waals surface area contributed by atoms with Gasteiger partial charge in [0.2, 0.25) is 17.6 Å². The van der Waals surface area contributed by atoms with Crippen LogP contribution in [0.1, 0.15) is 143 Å². The third-order valence-electron chi connectivity index (χ3n) is 23.4. The van der Waals surface area contributed by atoms with Gasteiger partial charge in [-0.2, -0.15) is 20.4 Å². The summed E-state index contributed by atoms with van der Waals surface area (Å²) >= 11 is 6.29. The van der Waals surface area contributed by atoms with Crippen molar-refractivity contribution in [2.75, 3.05) is 115 Å². The first-order valence-corrected chi connectivity index (χ1v) is 45.6. The van der Waals surface area contributed by atoms with Crippen molar-refractivity contribution in [1.82, 2.24) is 54.1 Å². The maximum Gasteiger partial charge on any atom is 0.341 e. The lowest BCUT2D eigenvalue weighted by Gasteiger charge is -2.20. The maximum atomic E-state index is 15.7. The molecule has 0 spiro atoms. The molecule has 4 aliphatic rings. The monoisotopic (exact) mass is 2050 g/mol. The summed E-state index contributed by atoms with van der Waals surface area (Å²) in [6.07, 6.45) is 7.93. The zero-order valence-corrected chi connectivity index (χ0v) is 82.0. The molecule has 8 atom stereocenters. The van der Waals surface area contributed by atoms with Crippen molar-refractivity contribution in [3.63, 3.8) is 0 Å². The van der Waals surface area contributed by atoms with Crippen LogP contribution in [-0.4, -0.2) is 239 Å². The van der Waals surface area contributed by atoms with Crippen LogP contribution in [0.2, 0.25) is 0 Å². The number of esters is 4. The molecule has 736 valence electrons. The quantitative estimate of drug-likeness (QED) is 0.0141. The Kier molecular flexibility index (Phi) is 36.0. The van der Waals surface area contributed by atoms with Gasteiger partial charge in [-0.05, 0) is 192 Å². The molecule has 0 aliphatic carbocycles. The second-order valence-electron chi connectivity index (χ2n) is 32.1. The predicted molar refractivity (Wildman–Crippen MR) is 505 cm³/mol. The van der Waals surface area contributed by atoms with E-state index in [2.05, 4.69) is 71.9 Å². The van der Waals surface area contributed by atoms with E-state index in [9.17, 15) is 47.8 Å². The van der Waals surface area contributed by atoms with Gasteiger partial charge < -0.3 is 77.5 Å². The number of ether oxygens (including phenoxy) is 13. The Labute approximate surface area is 813 Å². The maximum absolute atomic E-state index is 15.7. The Bertz CT molecular complexity index is 6490. The molecule has 4 aliphatic heterocycles. The largest absolute Gasteiger partial charge is 0.481 e. The van der Waals surface area contributed by atoms with E-state index in [1.807, 2.05) is 47.6 Å². The van der Waals surface area contributed by atoms with Crippen molar-refractivity contribution in [2.24, 2.45) is 5.73 Å². The highest BCUT2D eigenvalue weighted by atomic mass is 79.9. The van der Waals surface area contributed by atoms with Crippen molar-refractivity contribution >= 4 is 67.4 Å². The molecule has 16 rings (SSSR count). The number of amides is 1. The highest BCUT2D eigenvalue weighted by Crippen LogP contribution is 2.43. The number of aromatic nitrogens is 11. The number of ketones is 1. The first-order chi connectivity index (χ1) is 66.7. The highest BCUT2D eigenvalue weighted by Gasteiger charge is 2.40. The first-order valence-electron chi connectivity index (χ1n) is 44.1. The van der Waals surface area contributed by atoms with Crippen LogP contribution in [-0.2, 0) is 52.2 Å². The SMILES string of the molecule is CCOC(=O)CC(=O)c1ccc(Br)cc1F.CCOC(=O)c1cnn([C@@H]2COC[C@H]2O)c1-c1ccc(-c2c(C)cnc(OC)c2C)cc1F.CCOC(=O)c1cnn([C@@H]2COC[C@H]2O)c1-c1ccc(Br)cc1F.CCOC(=O)c1cnn([C@@H]2COC[C@H]2OC)c1-c1ccc(-c2c(C)cnc(OC)c2C)cc1F.COc1ncc(C)c(-c2ccc(-c3c(C(N)=O)cnn3[C@@H]3COC[C@H]3OC)c(F)c2)c1C. The predicted octanol–water partition coefficient (Wildman–Crippen LogP) is 16.0. The van der Waals surface area contributed by atoms with Crippen LogP contribution < -0.4 is 19.9 Å². The lowest BCUT2D eigenvalue weighted by atomic mass is 9.95. The number of aliphatic hydroxyl groups excluding tert-OH is 2. The number of nitrogens with zero attached hydrogens (tertiary/aromatic N) is 11. The molecule has 139 heavy (non-hydrogen) atoms. The lowest BCUT2D eigenvalue weighted by Crippen LogP contribution is -2.26. The molecule has 0 saturated carbocycles. The van der Waals surface area contributed by atoms with Crippen molar-refractivity contribution in [3.8, 4) is 96.1 Å². The number of benzene rings is 5. The molecule has 0 radical (unpaired) electrons. The summed E-state index contributed by atoms with van der Waals surface area (Å²) in [7, 11) is 7.80. The third-order valence-corrected chi connectivity index (χ3v) is 24.4. The molecule has 7 aromatic heterocycles. The molecular weight excluding hydrogens is 1950 g/mol. The standard InChI is InChI=1S/C25H28FN3O5.C24H26FN3O5.C23H25FN4O4.C16H16BrFN2O4.C11H10BrFO3/c1-6-34-25(30)18-11-28-29(20-12-33-13-21(20)31-4)23(18)17-8-7-16(9-19(17)26)22-14(2)10-27-24(32-5)15(22)3;1-5-33-24(30)17-10-27-28(19-11-32-12-20(19)29)22(17)16-7-6-15(8-18(16)25)21-13(2)9-26-23(31-4)14(21)3;1-12-8-26-23(31-4)13(2)20(12)14-5-6-15(17(24)7-14)21-16(22(25)29)9-27-28(21)18-10-32-11-19(18)30-3;1-2-24-16(22)11-6-19-20(13-7-23-8-14(13)21)15(11)10-4-3-9(17)5-12(10)18;1-2-16-11(15)6-10(14)8-4-3-7(12)5-9(8)13/h7-11,20-21H,6,12-13H2,1-5H3;6-10,19-20,29H,5,11-12H2,1-4H3;5-9,18-19H,10-11H2,1-4H3,(H2,25,29);3-6,13-14,21H,2,7-8H2,1H3;3-5H,2,6H2,1H3/t20-,21-;19-,20-;18-,19-;13-,14-;/m1111./s1. The van der Waals surface area contributed by atoms with Gasteiger partial charge >= 0.3 is 23.9 Å². The van der Waals surface area contributed by atoms with E-state index in [-0.39, 0.29) is 139 Å². The van der Waals surface area contributed by atoms with E-state index < -0.39 is 95.4 Å². The van der Waals surface area contributed by atoms with Gasteiger partial charge in [0.25, 0.3) is 5.91 Å². The Balaban J connectivity index is 0.000000159. The fraction of sp³-hybridized carbons (Fsp3) is 0.364.